The van der Waals surface area contributed by atoms with Crippen molar-refractivity contribution in [1.29, 1.82) is 5.26 Å². The Bertz CT molecular complexity index is 1400. The number of hydrogen-bond acceptors (Lipinski definition) is 4. The standard InChI is InChI=1S/C27H28N4O3/c1-27(2,10-11-28)25-21(13-17-6-8-18(9-7-17)26(32)33)20-15-23-19(14-22(20)30-25)16-29-31(23)24-5-3-4-12-34-24/h6-9,14-16,24,29H,3-5,10,12-13H2,1-2H3,(H,32,33). The van der Waals surface area contributed by atoms with E-state index in [0.29, 0.717) is 12.8 Å². The molecule has 5 rings (SSSR count). The van der Waals surface area contributed by atoms with Crippen molar-refractivity contribution in [3.63, 3.8) is 0 Å². The Morgan fingerprint density at radius 3 is 2.76 bits per heavy atom. The number of aromatic amines is 1. The first-order chi connectivity index (χ1) is 16.4. The molecule has 0 saturated carbocycles. The van der Waals surface area contributed by atoms with Crippen molar-refractivity contribution in [1.82, 2.24) is 14.8 Å². The smallest absolute Gasteiger partial charge is 0.335 e. The second-order valence-corrected chi connectivity index (χ2v) is 9.73. The van der Waals surface area contributed by atoms with E-state index in [1.807, 2.05) is 18.3 Å². The predicted octanol–water partition coefficient (Wildman–Crippen LogP) is 5.70. The molecule has 174 valence electrons. The summed E-state index contributed by atoms with van der Waals surface area (Å²) in [6.45, 7) is 4.87. The Balaban J connectivity index is 1.65. The van der Waals surface area contributed by atoms with Crippen LogP contribution in [0.5, 0.6) is 0 Å². The number of nitrogens with one attached hydrogen (secondary N) is 1. The van der Waals surface area contributed by atoms with Gasteiger partial charge in [-0.2, -0.15) is 5.26 Å². The van der Waals surface area contributed by atoms with Gasteiger partial charge in [0, 0.05) is 35.4 Å². The zero-order chi connectivity index (χ0) is 23.9. The Morgan fingerprint density at radius 2 is 2.09 bits per heavy atom. The first-order valence-corrected chi connectivity index (χ1v) is 11.7. The van der Waals surface area contributed by atoms with Gasteiger partial charge >= 0.3 is 5.97 Å². The highest BCUT2D eigenvalue weighted by molar-refractivity contribution is 5.98. The van der Waals surface area contributed by atoms with Gasteiger partial charge in [-0.05, 0) is 61.1 Å². The average Bonchev–Trinajstić information content (AvgIpc) is 3.40. The lowest BCUT2D eigenvalue weighted by molar-refractivity contribution is -0.0366. The van der Waals surface area contributed by atoms with E-state index in [9.17, 15) is 15.2 Å². The summed E-state index contributed by atoms with van der Waals surface area (Å²) in [5.41, 5.74) is 4.83. The topological polar surface area (TPSA) is 104 Å². The number of rotatable bonds is 6. The highest BCUT2D eigenvalue weighted by Crippen LogP contribution is 2.37. The lowest BCUT2D eigenvalue weighted by Gasteiger charge is -2.24. The lowest BCUT2D eigenvalue weighted by atomic mass is 9.82. The van der Waals surface area contributed by atoms with Crippen LogP contribution in [0.2, 0.25) is 0 Å². The van der Waals surface area contributed by atoms with Gasteiger partial charge in [0.1, 0.15) is 6.23 Å². The normalized spacial score (nSPS) is 16.7. The molecule has 0 aliphatic carbocycles. The number of ether oxygens (including phenoxy) is 1. The molecule has 1 saturated heterocycles. The van der Waals surface area contributed by atoms with E-state index in [0.717, 1.165) is 64.5 Å². The monoisotopic (exact) mass is 456 g/mol. The minimum absolute atomic E-state index is 0.00636. The highest BCUT2D eigenvalue weighted by atomic mass is 16.5. The van der Waals surface area contributed by atoms with E-state index < -0.39 is 11.4 Å². The molecule has 1 atom stereocenters. The third-order valence-corrected chi connectivity index (χ3v) is 6.79. The second kappa shape index (κ2) is 8.62. The van der Waals surface area contributed by atoms with Gasteiger partial charge in [0.25, 0.3) is 0 Å². The molecule has 1 aliphatic heterocycles. The molecule has 2 aromatic heterocycles. The number of aromatic carboxylic acids is 1. The maximum absolute atomic E-state index is 11.3. The first kappa shape index (κ1) is 22.2. The maximum atomic E-state index is 11.3. The number of benzene rings is 2. The summed E-state index contributed by atoms with van der Waals surface area (Å²) in [6.07, 6.45) is 6.16. The van der Waals surface area contributed by atoms with Crippen LogP contribution in [0.1, 0.15) is 72.9 Å². The molecule has 1 fully saturated rings. The fraction of sp³-hybridized carbons (Fsp3) is 0.370. The van der Waals surface area contributed by atoms with Crippen LogP contribution < -0.4 is 0 Å². The molecule has 4 aromatic rings. The number of nitrogens with zero attached hydrogens (tertiary/aromatic N) is 3. The van der Waals surface area contributed by atoms with Crippen LogP contribution in [0.15, 0.2) is 42.6 Å². The molecule has 7 nitrogen and oxygen atoms in total. The Labute approximate surface area is 198 Å². The van der Waals surface area contributed by atoms with Crippen molar-refractivity contribution in [2.45, 2.75) is 57.6 Å². The Morgan fingerprint density at radius 1 is 1.29 bits per heavy atom. The summed E-state index contributed by atoms with van der Waals surface area (Å²) >= 11 is 0. The van der Waals surface area contributed by atoms with Crippen molar-refractivity contribution in [3.8, 4) is 6.07 Å². The number of carboxylic acids is 1. The fourth-order valence-corrected chi connectivity index (χ4v) is 4.93. The van der Waals surface area contributed by atoms with Gasteiger partial charge in [-0.25, -0.2) is 4.79 Å². The van der Waals surface area contributed by atoms with Crippen LogP contribution >= 0.6 is 0 Å². The summed E-state index contributed by atoms with van der Waals surface area (Å²) < 4.78 is 8.13. The van der Waals surface area contributed by atoms with Crippen molar-refractivity contribution >= 4 is 27.8 Å². The molecular formula is C27H28N4O3. The lowest BCUT2D eigenvalue weighted by Crippen LogP contribution is -2.19. The summed E-state index contributed by atoms with van der Waals surface area (Å²) in [4.78, 5) is 16.3. The third kappa shape index (κ3) is 3.95. The van der Waals surface area contributed by atoms with Crippen LogP contribution in [0, 0.1) is 11.3 Å². The van der Waals surface area contributed by atoms with E-state index in [4.69, 9.17) is 9.72 Å². The van der Waals surface area contributed by atoms with Gasteiger partial charge in [-0.15, -0.1) is 0 Å². The minimum atomic E-state index is -0.938. The fourth-order valence-electron chi connectivity index (χ4n) is 4.93. The van der Waals surface area contributed by atoms with Gasteiger partial charge < -0.3 is 14.9 Å². The second-order valence-electron chi connectivity index (χ2n) is 9.73. The van der Waals surface area contributed by atoms with Crippen LogP contribution in [0.25, 0.3) is 21.8 Å². The molecule has 0 bridgehead atoms. The molecule has 2 aromatic carbocycles. The number of fused-ring (bicyclic) bond motifs is 2. The van der Waals surface area contributed by atoms with Gasteiger partial charge in [0.05, 0.1) is 28.4 Å². The number of aromatic nitrogens is 3. The molecule has 2 N–H and O–H groups in total. The van der Waals surface area contributed by atoms with Gasteiger partial charge in [-0.3, -0.25) is 9.67 Å². The first-order valence-electron chi connectivity index (χ1n) is 11.7. The maximum Gasteiger partial charge on any atom is 0.335 e. The highest BCUT2D eigenvalue weighted by Gasteiger charge is 2.29. The van der Waals surface area contributed by atoms with Crippen molar-refractivity contribution < 1.29 is 14.6 Å². The van der Waals surface area contributed by atoms with Crippen molar-refractivity contribution in [3.05, 3.63) is 65.0 Å². The molecule has 1 unspecified atom stereocenters. The molecule has 0 radical (unpaired) electrons. The SMILES string of the molecule is CC(C)(CC#N)c1nc2cc3c[nH]n(C4CCCCO4)c3cc2c1Cc1ccc(C(=O)O)cc1. The molecular weight excluding hydrogens is 428 g/mol. The van der Waals surface area contributed by atoms with E-state index in [-0.39, 0.29) is 11.8 Å². The quantitative estimate of drug-likeness (QED) is 0.387. The Hall–Kier alpha value is -3.63. The minimum Gasteiger partial charge on any atom is -0.478 e. The van der Waals surface area contributed by atoms with E-state index in [2.05, 4.69) is 41.8 Å². The van der Waals surface area contributed by atoms with Crippen LogP contribution in [-0.4, -0.2) is 32.4 Å². The van der Waals surface area contributed by atoms with E-state index in [1.54, 1.807) is 12.1 Å². The third-order valence-electron chi connectivity index (χ3n) is 6.79. The van der Waals surface area contributed by atoms with Gasteiger partial charge in [0.15, 0.2) is 0 Å². The zero-order valence-corrected chi connectivity index (χ0v) is 19.5. The number of H-pyrrole nitrogens is 1. The van der Waals surface area contributed by atoms with Crippen molar-refractivity contribution in [2.75, 3.05) is 6.61 Å². The van der Waals surface area contributed by atoms with E-state index in [1.165, 1.54) is 0 Å². The Kier molecular flexibility index (Phi) is 5.62. The van der Waals surface area contributed by atoms with Crippen LogP contribution in [0.4, 0.5) is 0 Å². The summed E-state index contributed by atoms with van der Waals surface area (Å²) in [5.74, 6) is -0.938. The molecule has 34 heavy (non-hydrogen) atoms. The number of carboxylic acid groups (broad SMARTS) is 1. The average molecular weight is 457 g/mol. The summed E-state index contributed by atoms with van der Waals surface area (Å²) in [5, 5.41) is 24.2. The largest absolute Gasteiger partial charge is 0.478 e. The molecule has 0 spiro atoms. The number of nitriles is 1. The summed E-state index contributed by atoms with van der Waals surface area (Å²) in [7, 11) is 0. The summed E-state index contributed by atoms with van der Waals surface area (Å²) in [6, 6.07) is 13.6. The number of hydrogen-bond donors (Lipinski definition) is 2. The van der Waals surface area contributed by atoms with Gasteiger partial charge in [-0.1, -0.05) is 26.0 Å². The molecule has 3 heterocycles. The van der Waals surface area contributed by atoms with E-state index >= 15 is 0 Å². The molecule has 0 amide bonds. The van der Waals surface area contributed by atoms with Crippen LogP contribution in [0.3, 0.4) is 0 Å². The number of carbonyl (C=O) groups is 1. The zero-order valence-electron chi connectivity index (χ0n) is 19.5. The van der Waals surface area contributed by atoms with Crippen LogP contribution in [-0.2, 0) is 16.6 Å². The van der Waals surface area contributed by atoms with Crippen molar-refractivity contribution in [2.24, 2.45) is 0 Å². The molecule has 7 heteroatoms. The van der Waals surface area contributed by atoms with Gasteiger partial charge in [0.2, 0.25) is 0 Å². The predicted molar refractivity (Wildman–Crippen MR) is 130 cm³/mol. The molecule has 1 aliphatic rings.